The number of nitrogens with zero attached hydrogens (tertiary/aromatic N) is 2. The molecule has 0 aliphatic carbocycles. The van der Waals surface area contributed by atoms with E-state index in [0.717, 1.165) is 6.07 Å². The summed E-state index contributed by atoms with van der Waals surface area (Å²) in [4.78, 5) is 18.8. The van der Waals surface area contributed by atoms with E-state index in [1.807, 2.05) is 0 Å². The minimum absolute atomic E-state index is 0.0770. The highest BCUT2D eigenvalue weighted by atomic mass is 35.5. The van der Waals surface area contributed by atoms with E-state index in [1.165, 1.54) is 29.3 Å². The molecule has 0 bridgehead atoms. The maximum Gasteiger partial charge on any atom is 0.387 e. The number of para-hydroxylation sites is 1. The SMILES string of the molecule is O=C(c1ccc(NS(=O)(=O)c2cccc3cccnc23)cc1OC(F)F)N1CCC(O)(c2ccccc2Cl)CC1. The number of nitrogens with one attached hydrogen (secondary N) is 1. The molecule has 2 N–H and O–H groups in total. The zero-order valence-corrected chi connectivity index (χ0v) is 22.5. The Morgan fingerprint density at radius 2 is 1.77 bits per heavy atom. The molecule has 1 aromatic heterocycles. The molecule has 1 fully saturated rings. The van der Waals surface area contributed by atoms with Crippen molar-refractivity contribution in [2.24, 2.45) is 0 Å². The van der Waals surface area contributed by atoms with Gasteiger partial charge in [0.2, 0.25) is 0 Å². The number of piperidine rings is 1. The van der Waals surface area contributed by atoms with Crippen LogP contribution in [0.4, 0.5) is 14.5 Å². The third-order valence-corrected chi connectivity index (χ3v) is 8.56. The number of hydrogen-bond acceptors (Lipinski definition) is 6. The summed E-state index contributed by atoms with van der Waals surface area (Å²) in [7, 11) is -4.17. The van der Waals surface area contributed by atoms with Crippen molar-refractivity contribution in [2.45, 2.75) is 29.9 Å². The van der Waals surface area contributed by atoms with Crippen molar-refractivity contribution in [3.05, 3.63) is 95.1 Å². The fraction of sp³-hybridized carbons (Fsp3) is 0.214. The van der Waals surface area contributed by atoms with E-state index in [-0.39, 0.29) is 47.6 Å². The predicted octanol–water partition coefficient (Wildman–Crippen LogP) is 5.41. The topological polar surface area (TPSA) is 109 Å². The molecule has 0 radical (unpaired) electrons. The molecule has 4 aromatic rings. The van der Waals surface area contributed by atoms with E-state index in [1.54, 1.807) is 48.5 Å². The minimum atomic E-state index is -4.17. The lowest BCUT2D eigenvalue weighted by molar-refractivity contribution is -0.0504. The zero-order chi connectivity index (χ0) is 28.5. The lowest BCUT2D eigenvalue weighted by Gasteiger charge is -2.39. The number of hydrogen-bond donors (Lipinski definition) is 2. The van der Waals surface area contributed by atoms with Gasteiger partial charge in [-0.05, 0) is 43.2 Å². The van der Waals surface area contributed by atoms with Gasteiger partial charge in [0, 0.05) is 41.3 Å². The molecular weight excluding hydrogens is 564 g/mol. The number of alkyl halides is 2. The highest BCUT2D eigenvalue weighted by Gasteiger charge is 2.37. The van der Waals surface area contributed by atoms with Gasteiger partial charge in [0.25, 0.3) is 15.9 Å². The number of carbonyl (C=O) groups is 1. The smallest absolute Gasteiger partial charge is 0.387 e. The van der Waals surface area contributed by atoms with E-state index >= 15 is 0 Å². The molecule has 1 amide bonds. The Balaban J connectivity index is 1.38. The van der Waals surface area contributed by atoms with Crippen LogP contribution in [0.15, 0.2) is 83.9 Å². The monoisotopic (exact) mass is 587 g/mol. The average Bonchev–Trinajstić information content (AvgIpc) is 2.92. The van der Waals surface area contributed by atoms with Crippen molar-refractivity contribution < 1.29 is 31.8 Å². The molecule has 0 spiro atoms. The van der Waals surface area contributed by atoms with Gasteiger partial charge in [0.05, 0.1) is 22.4 Å². The summed E-state index contributed by atoms with van der Waals surface area (Å²) in [5.74, 6) is -1.08. The fourth-order valence-corrected chi connectivity index (χ4v) is 6.36. The Morgan fingerprint density at radius 1 is 1.05 bits per heavy atom. The zero-order valence-electron chi connectivity index (χ0n) is 20.9. The molecule has 1 saturated heterocycles. The summed E-state index contributed by atoms with van der Waals surface area (Å²) in [6, 6.07) is 18.5. The number of halogens is 3. The lowest BCUT2D eigenvalue weighted by Crippen LogP contribution is -2.45. The second-order valence-electron chi connectivity index (χ2n) is 9.33. The van der Waals surface area contributed by atoms with Gasteiger partial charge in [-0.25, -0.2) is 8.42 Å². The van der Waals surface area contributed by atoms with Crippen LogP contribution < -0.4 is 9.46 Å². The Kier molecular flexibility index (Phi) is 7.63. The molecule has 5 rings (SSSR count). The van der Waals surface area contributed by atoms with Crippen LogP contribution in [-0.4, -0.2) is 49.0 Å². The Labute approximate surface area is 234 Å². The predicted molar refractivity (Wildman–Crippen MR) is 146 cm³/mol. The minimum Gasteiger partial charge on any atom is -0.434 e. The van der Waals surface area contributed by atoms with Gasteiger partial charge in [0.1, 0.15) is 10.6 Å². The first-order chi connectivity index (χ1) is 19.1. The van der Waals surface area contributed by atoms with Crippen molar-refractivity contribution in [1.29, 1.82) is 0 Å². The van der Waals surface area contributed by atoms with Crippen LogP contribution in [0.2, 0.25) is 5.02 Å². The molecule has 0 atom stereocenters. The first-order valence-electron chi connectivity index (χ1n) is 12.3. The number of rotatable bonds is 7. The highest BCUT2D eigenvalue weighted by Crippen LogP contribution is 2.38. The van der Waals surface area contributed by atoms with Gasteiger partial charge in [-0.3, -0.25) is 14.5 Å². The van der Waals surface area contributed by atoms with Crippen LogP contribution in [0.3, 0.4) is 0 Å². The molecule has 3 aromatic carbocycles. The number of aromatic nitrogens is 1. The van der Waals surface area contributed by atoms with Crippen molar-refractivity contribution in [3.8, 4) is 5.75 Å². The summed E-state index contributed by atoms with van der Waals surface area (Å²) >= 11 is 6.26. The van der Waals surface area contributed by atoms with Crippen LogP contribution in [0.5, 0.6) is 5.75 Å². The van der Waals surface area contributed by atoms with Gasteiger partial charge in [-0.1, -0.05) is 48.0 Å². The van der Waals surface area contributed by atoms with Crippen LogP contribution in [0, 0.1) is 0 Å². The van der Waals surface area contributed by atoms with Gasteiger partial charge in [-0.15, -0.1) is 0 Å². The molecule has 8 nitrogen and oxygen atoms in total. The Morgan fingerprint density at radius 3 is 2.50 bits per heavy atom. The summed E-state index contributed by atoms with van der Waals surface area (Å²) in [5, 5.41) is 12.2. The van der Waals surface area contributed by atoms with E-state index in [2.05, 4.69) is 14.4 Å². The number of aliphatic hydroxyl groups is 1. The van der Waals surface area contributed by atoms with Gasteiger partial charge < -0.3 is 14.7 Å². The quantitative estimate of drug-likeness (QED) is 0.299. The molecule has 208 valence electrons. The number of likely N-dealkylation sites (tertiary alicyclic amines) is 1. The lowest BCUT2D eigenvalue weighted by atomic mass is 9.84. The average molecular weight is 588 g/mol. The maximum atomic E-state index is 13.3. The van der Waals surface area contributed by atoms with Crippen molar-refractivity contribution in [1.82, 2.24) is 9.88 Å². The largest absolute Gasteiger partial charge is 0.434 e. The molecule has 1 aliphatic rings. The maximum absolute atomic E-state index is 13.3. The second kappa shape index (κ2) is 11.0. The normalized spacial score (nSPS) is 15.3. The fourth-order valence-electron chi connectivity index (χ4n) is 4.82. The molecule has 12 heteroatoms. The van der Waals surface area contributed by atoms with E-state index in [9.17, 15) is 27.1 Å². The summed E-state index contributed by atoms with van der Waals surface area (Å²) in [5.41, 5.74) is -0.681. The Hall–Kier alpha value is -3.80. The van der Waals surface area contributed by atoms with Crippen LogP contribution >= 0.6 is 11.6 Å². The highest BCUT2D eigenvalue weighted by molar-refractivity contribution is 7.93. The van der Waals surface area contributed by atoms with Crippen LogP contribution in [0.25, 0.3) is 10.9 Å². The summed E-state index contributed by atoms with van der Waals surface area (Å²) in [6.07, 6.45) is 1.83. The van der Waals surface area contributed by atoms with E-state index in [0.29, 0.717) is 16.0 Å². The van der Waals surface area contributed by atoms with Crippen molar-refractivity contribution >= 4 is 44.1 Å². The van der Waals surface area contributed by atoms with Gasteiger partial charge in [0.15, 0.2) is 0 Å². The first-order valence-corrected chi connectivity index (χ1v) is 14.2. The van der Waals surface area contributed by atoms with Crippen molar-refractivity contribution in [2.75, 3.05) is 17.8 Å². The van der Waals surface area contributed by atoms with Gasteiger partial charge >= 0.3 is 6.61 Å². The number of fused-ring (bicyclic) bond motifs is 1. The van der Waals surface area contributed by atoms with E-state index in [4.69, 9.17) is 11.6 Å². The molecular formula is C28H24ClF2N3O5S. The Bertz CT molecular complexity index is 1670. The summed E-state index contributed by atoms with van der Waals surface area (Å²) < 4.78 is 59.9. The first kappa shape index (κ1) is 27.8. The van der Waals surface area contributed by atoms with Crippen LogP contribution in [-0.2, 0) is 15.6 Å². The number of benzene rings is 3. The molecule has 40 heavy (non-hydrogen) atoms. The standard InChI is InChI=1S/C28H24ClF2N3O5S/c29-22-8-2-1-7-21(22)28(36)12-15-34(16-13-28)26(35)20-11-10-19(17-23(20)39-27(30)31)33-40(37,38)24-9-3-5-18-6-4-14-32-25(18)24/h1-11,14,17,27,33,36H,12-13,15-16H2. The number of ether oxygens (including phenoxy) is 1. The molecule has 2 heterocycles. The molecule has 1 aliphatic heterocycles. The number of pyridine rings is 1. The van der Waals surface area contributed by atoms with Gasteiger partial charge in [-0.2, -0.15) is 8.78 Å². The number of sulfonamides is 1. The number of anilines is 1. The second-order valence-corrected chi connectivity index (χ2v) is 11.4. The third-order valence-electron chi connectivity index (χ3n) is 6.82. The van der Waals surface area contributed by atoms with Crippen LogP contribution in [0.1, 0.15) is 28.8 Å². The van der Waals surface area contributed by atoms with Crippen molar-refractivity contribution in [3.63, 3.8) is 0 Å². The molecule has 0 unspecified atom stereocenters. The number of carbonyl (C=O) groups excluding carboxylic acids is 1. The third kappa shape index (κ3) is 5.58. The summed E-state index contributed by atoms with van der Waals surface area (Å²) in [6.45, 7) is -2.98. The number of amides is 1. The molecule has 0 saturated carbocycles. The van der Waals surface area contributed by atoms with E-state index < -0.39 is 33.9 Å².